The van der Waals surface area contributed by atoms with Crippen LogP contribution in [0.15, 0.2) is 34.9 Å². The first-order valence-corrected chi connectivity index (χ1v) is 6.62. The highest BCUT2D eigenvalue weighted by Gasteiger charge is 2.07. The Morgan fingerprint density at radius 1 is 1.14 bits per heavy atom. The van der Waals surface area contributed by atoms with Crippen molar-refractivity contribution in [2.45, 2.75) is 13.8 Å². The maximum absolute atomic E-state index is 11.7. The fourth-order valence-corrected chi connectivity index (χ4v) is 1.63. The highest BCUT2D eigenvalue weighted by molar-refractivity contribution is 5.99. The Hall–Kier alpha value is -3.03. The minimum atomic E-state index is -0.526. The first kappa shape index (κ1) is 15.4. The molecule has 3 amide bonds. The van der Waals surface area contributed by atoms with Crippen LogP contribution in [0, 0.1) is 6.92 Å². The lowest BCUT2D eigenvalue weighted by molar-refractivity contribution is 0.168. The summed E-state index contributed by atoms with van der Waals surface area (Å²) in [5.41, 5.74) is 1.13. The largest absolute Gasteiger partial charge is 0.450 e. The number of aromatic nitrogens is 1. The van der Waals surface area contributed by atoms with E-state index in [9.17, 15) is 9.59 Å². The molecule has 0 spiro atoms. The van der Waals surface area contributed by atoms with Crippen molar-refractivity contribution >= 4 is 29.3 Å². The highest BCUT2D eigenvalue weighted by Crippen LogP contribution is 2.14. The van der Waals surface area contributed by atoms with E-state index >= 15 is 0 Å². The molecule has 2 aromatic rings. The first-order valence-electron chi connectivity index (χ1n) is 6.62. The van der Waals surface area contributed by atoms with Crippen molar-refractivity contribution in [1.29, 1.82) is 0 Å². The van der Waals surface area contributed by atoms with Gasteiger partial charge in [0, 0.05) is 17.4 Å². The molecule has 2 rings (SSSR count). The highest BCUT2D eigenvalue weighted by atomic mass is 16.5. The van der Waals surface area contributed by atoms with Crippen molar-refractivity contribution in [3.05, 3.63) is 36.1 Å². The smallest absolute Gasteiger partial charge is 0.411 e. The van der Waals surface area contributed by atoms with Gasteiger partial charge < -0.3 is 14.6 Å². The van der Waals surface area contributed by atoms with E-state index in [1.807, 2.05) is 0 Å². The molecule has 116 valence electrons. The summed E-state index contributed by atoms with van der Waals surface area (Å²) in [6.45, 7) is 3.75. The molecule has 0 fully saturated rings. The van der Waals surface area contributed by atoms with Gasteiger partial charge in [-0.3, -0.25) is 10.6 Å². The summed E-state index contributed by atoms with van der Waals surface area (Å²) >= 11 is 0. The van der Waals surface area contributed by atoms with E-state index in [0.29, 0.717) is 29.6 Å². The van der Waals surface area contributed by atoms with Gasteiger partial charge >= 0.3 is 12.1 Å². The molecule has 3 N–H and O–H groups in total. The second-order valence-corrected chi connectivity index (χ2v) is 4.32. The van der Waals surface area contributed by atoms with Crippen molar-refractivity contribution in [2.24, 2.45) is 0 Å². The van der Waals surface area contributed by atoms with Gasteiger partial charge in [-0.1, -0.05) is 5.16 Å². The van der Waals surface area contributed by atoms with E-state index < -0.39 is 12.1 Å². The Morgan fingerprint density at radius 3 is 2.32 bits per heavy atom. The summed E-state index contributed by atoms with van der Waals surface area (Å²) in [4.78, 5) is 23.0. The third-order valence-corrected chi connectivity index (χ3v) is 2.53. The van der Waals surface area contributed by atoms with Crippen molar-refractivity contribution in [1.82, 2.24) is 5.16 Å². The molecule has 8 nitrogen and oxygen atoms in total. The molecule has 22 heavy (non-hydrogen) atoms. The number of anilines is 3. The lowest BCUT2D eigenvalue weighted by Gasteiger charge is -2.07. The van der Waals surface area contributed by atoms with E-state index in [4.69, 9.17) is 9.26 Å². The summed E-state index contributed by atoms with van der Waals surface area (Å²) in [5, 5.41) is 11.4. The Labute approximate surface area is 126 Å². The minimum Gasteiger partial charge on any atom is -0.450 e. The fourth-order valence-electron chi connectivity index (χ4n) is 1.63. The number of rotatable bonds is 4. The molecule has 8 heteroatoms. The normalized spacial score (nSPS) is 9.91. The summed E-state index contributed by atoms with van der Waals surface area (Å²) < 4.78 is 9.61. The van der Waals surface area contributed by atoms with Crippen molar-refractivity contribution in [3.63, 3.8) is 0 Å². The van der Waals surface area contributed by atoms with E-state index in [-0.39, 0.29) is 0 Å². The van der Waals surface area contributed by atoms with Gasteiger partial charge in [-0.25, -0.2) is 9.59 Å². The second-order valence-electron chi connectivity index (χ2n) is 4.32. The Morgan fingerprint density at radius 2 is 1.77 bits per heavy atom. The number of carbonyl (C=O) groups excluding carboxylic acids is 2. The Kier molecular flexibility index (Phi) is 4.97. The van der Waals surface area contributed by atoms with Crippen LogP contribution >= 0.6 is 0 Å². The predicted molar refractivity (Wildman–Crippen MR) is 81.0 cm³/mol. The number of hydrogen-bond acceptors (Lipinski definition) is 5. The molecule has 1 aromatic heterocycles. The number of nitrogens with zero attached hydrogens (tertiary/aromatic N) is 1. The molecule has 0 unspecified atom stereocenters. The molecular weight excluding hydrogens is 288 g/mol. The zero-order valence-electron chi connectivity index (χ0n) is 12.2. The number of amides is 3. The molecule has 1 heterocycles. The average molecular weight is 304 g/mol. The quantitative estimate of drug-likeness (QED) is 0.804. The number of ether oxygens (including phenoxy) is 1. The molecule has 0 saturated carbocycles. The van der Waals surface area contributed by atoms with Gasteiger partial charge in [-0.15, -0.1) is 0 Å². The van der Waals surface area contributed by atoms with Gasteiger partial charge in [0.25, 0.3) is 0 Å². The monoisotopic (exact) mass is 304 g/mol. The number of aryl methyl sites for hydroxylation is 1. The lowest BCUT2D eigenvalue weighted by atomic mass is 10.3. The van der Waals surface area contributed by atoms with Gasteiger partial charge in [0.1, 0.15) is 5.76 Å². The van der Waals surface area contributed by atoms with E-state index in [1.54, 1.807) is 44.2 Å². The molecule has 0 radical (unpaired) electrons. The van der Waals surface area contributed by atoms with Crippen LogP contribution in [0.5, 0.6) is 0 Å². The average Bonchev–Trinajstić information content (AvgIpc) is 2.86. The number of nitrogens with one attached hydrogen (secondary N) is 3. The summed E-state index contributed by atoms with van der Waals surface area (Å²) in [6.07, 6.45) is -0.526. The topological polar surface area (TPSA) is 105 Å². The molecule has 0 bridgehead atoms. The molecule has 0 atom stereocenters. The van der Waals surface area contributed by atoms with Crippen molar-refractivity contribution in [3.8, 4) is 0 Å². The zero-order valence-corrected chi connectivity index (χ0v) is 12.2. The van der Waals surface area contributed by atoms with Crippen LogP contribution in [-0.4, -0.2) is 23.9 Å². The van der Waals surface area contributed by atoms with Crippen molar-refractivity contribution in [2.75, 3.05) is 22.6 Å². The second kappa shape index (κ2) is 7.11. The Bertz CT molecular complexity index is 651. The van der Waals surface area contributed by atoms with Crippen LogP contribution in [0.25, 0.3) is 0 Å². The van der Waals surface area contributed by atoms with Gasteiger partial charge in [0.05, 0.1) is 6.61 Å². The van der Waals surface area contributed by atoms with Gasteiger partial charge in [0.2, 0.25) is 0 Å². The van der Waals surface area contributed by atoms with E-state index in [1.165, 1.54) is 0 Å². The van der Waals surface area contributed by atoms with Crippen molar-refractivity contribution < 1.29 is 18.8 Å². The van der Waals surface area contributed by atoms with Crippen LogP contribution in [0.2, 0.25) is 0 Å². The fraction of sp³-hybridized carbons (Fsp3) is 0.214. The standard InChI is InChI=1S/C14H16N4O4/c1-3-21-14(20)16-11-6-4-10(5-7-11)15-13(19)17-12-8-9(2)22-18-12/h4-8H,3H2,1-2H3,(H,16,20)(H2,15,17,18,19). The summed E-state index contributed by atoms with van der Waals surface area (Å²) in [5.74, 6) is 0.931. The van der Waals surface area contributed by atoms with Crippen LogP contribution in [0.1, 0.15) is 12.7 Å². The third kappa shape index (κ3) is 4.51. The van der Waals surface area contributed by atoms with Gasteiger partial charge in [0.15, 0.2) is 5.82 Å². The molecule has 0 saturated heterocycles. The molecule has 0 aliphatic heterocycles. The molecular formula is C14H16N4O4. The molecule has 0 aliphatic rings. The molecule has 0 aliphatic carbocycles. The van der Waals surface area contributed by atoms with Crippen LogP contribution < -0.4 is 16.0 Å². The van der Waals surface area contributed by atoms with Gasteiger partial charge in [-0.05, 0) is 38.1 Å². The van der Waals surface area contributed by atoms with Crippen LogP contribution in [0.3, 0.4) is 0 Å². The van der Waals surface area contributed by atoms with Gasteiger partial charge in [-0.2, -0.15) is 0 Å². The first-order chi connectivity index (χ1) is 10.6. The maximum atomic E-state index is 11.7. The number of hydrogen-bond donors (Lipinski definition) is 3. The number of benzene rings is 1. The lowest BCUT2D eigenvalue weighted by Crippen LogP contribution is -2.19. The van der Waals surface area contributed by atoms with E-state index in [0.717, 1.165) is 0 Å². The van der Waals surface area contributed by atoms with Crippen LogP contribution in [-0.2, 0) is 4.74 Å². The third-order valence-electron chi connectivity index (χ3n) is 2.53. The molecule has 1 aromatic carbocycles. The summed E-state index contributed by atoms with van der Waals surface area (Å²) in [7, 11) is 0. The van der Waals surface area contributed by atoms with Crippen LogP contribution in [0.4, 0.5) is 26.8 Å². The van der Waals surface area contributed by atoms with E-state index in [2.05, 4.69) is 21.1 Å². The minimum absolute atomic E-state index is 0.299. The number of carbonyl (C=O) groups is 2. The summed E-state index contributed by atoms with van der Waals surface area (Å²) in [6, 6.07) is 7.75. The zero-order chi connectivity index (χ0) is 15.9. The number of urea groups is 1. The SMILES string of the molecule is CCOC(=O)Nc1ccc(NC(=O)Nc2cc(C)on2)cc1. The maximum Gasteiger partial charge on any atom is 0.411 e. The predicted octanol–water partition coefficient (Wildman–Crippen LogP) is 3.20. The Balaban J connectivity index is 1.87.